The SMILES string of the molecule is C/C(COC=O)=C1/CCC2=CCC[C@H](C)[C@@]2(C)C1. The summed E-state index contributed by atoms with van der Waals surface area (Å²) in [5, 5.41) is 0. The molecule has 0 saturated heterocycles. The summed E-state index contributed by atoms with van der Waals surface area (Å²) in [5.74, 6) is 0.757. The number of hydrogen-bond donors (Lipinski definition) is 0. The molecule has 0 aromatic carbocycles. The Hall–Kier alpha value is -1.05. The highest BCUT2D eigenvalue weighted by Gasteiger charge is 2.40. The lowest BCUT2D eigenvalue weighted by atomic mass is 9.59. The molecule has 0 N–H and O–H groups in total. The van der Waals surface area contributed by atoms with Gasteiger partial charge in [0.25, 0.3) is 6.47 Å². The minimum Gasteiger partial charge on any atom is -0.463 e. The van der Waals surface area contributed by atoms with E-state index in [1.165, 1.54) is 30.4 Å². The van der Waals surface area contributed by atoms with Gasteiger partial charge in [-0.1, -0.05) is 31.1 Å². The number of hydrogen-bond acceptors (Lipinski definition) is 2. The minimum absolute atomic E-state index is 0.342. The second-order valence-corrected chi connectivity index (χ2v) is 6.09. The zero-order valence-corrected chi connectivity index (χ0v) is 11.8. The third-order valence-electron chi connectivity index (χ3n) is 5.06. The van der Waals surface area contributed by atoms with Gasteiger partial charge in [0, 0.05) is 0 Å². The highest BCUT2D eigenvalue weighted by Crippen LogP contribution is 2.52. The molecule has 2 aliphatic rings. The van der Waals surface area contributed by atoms with Gasteiger partial charge in [0.05, 0.1) is 0 Å². The molecular weight excluding hydrogens is 224 g/mol. The summed E-state index contributed by atoms with van der Waals surface area (Å²) in [5.41, 5.74) is 4.76. The van der Waals surface area contributed by atoms with Crippen molar-refractivity contribution in [3.8, 4) is 0 Å². The van der Waals surface area contributed by atoms with Crippen LogP contribution in [0, 0.1) is 11.3 Å². The lowest BCUT2D eigenvalue weighted by Crippen LogP contribution is -2.34. The Morgan fingerprint density at radius 3 is 3.06 bits per heavy atom. The Morgan fingerprint density at radius 1 is 1.56 bits per heavy atom. The Morgan fingerprint density at radius 2 is 2.33 bits per heavy atom. The van der Waals surface area contributed by atoms with E-state index in [2.05, 4.69) is 26.8 Å². The summed E-state index contributed by atoms with van der Waals surface area (Å²) in [7, 11) is 0. The molecule has 100 valence electrons. The summed E-state index contributed by atoms with van der Waals surface area (Å²) < 4.78 is 4.89. The Balaban J connectivity index is 2.19. The molecule has 0 unspecified atom stereocenters. The second-order valence-electron chi connectivity index (χ2n) is 6.09. The molecule has 2 atom stereocenters. The molecule has 2 nitrogen and oxygen atoms in total. The van der Waals surface area contributed by atoms with Gasteiger partial charge in [-0.15, -0.1) is 0 Å². The van der Waals surface area contributed by atoms with Crippen molar-refractivity contribution in [3.63, 3.8) is 0 Å². The van der Waals surface area contributed by atoms with E-state index >= 15 is 0 Å². The molecule has 1 saturated carbocycles. The van der Waals surface area contributed by atoms with Crippen LogP contribution in [-0.2, 0) is 9.53 Å². The lowest BCUT2D eigenvalue weighted by molar-refractivity contribution is -0.127. The molecule has 2 rings (SSSR count). The van der Waals surface area contributed by atoms with Gasteiger partial charge in [-0.2, -0.15) is 0 Å². The Bertz CT molecular complexity index is 392. The molecule has 0 aromatic heterocycles. The van der Waals surface area contributed by atoms with Crippen molar-refractivity contribution in [3.05, 3.63) is 22.8 Å². The number of rotatable bonds is 3. The molecule has 0 aliphatic heterocycles. The van der Waals surface area contributed by atoms with Crippen molar-refractivity contribution in [1.82, 2.24) is 0 Å². The summed E-state index contributed by atoms with van der Waals surface area (Å²) in [6.07, 6.45) is 8.49. The van der Waals surface area contributed by atoms with Gasteiger partial charge in [0.2, 0.25) is 0 Å². The number of fused-ring (bicyclic) bond motifs is 1. The second kappa shape index (κ2) is 5.29. The van der Waals surface area contributed by atoms with E-state index in [1.807, 2.05) is 0 Å². The Labute approximate surface area is 110 Å². The van der Waals surface area contributed by atoms with Crippen LogP contribution >= 0.6 is 0 Å². The van der Waals surface area contributed by atoms with Crippen LogP contribution in [-0.4, -0.2) is 13.1 Å². The molecule has 1 fully saturated rings. The maximum absolute atomic E-state index is 10.3. The van der Waals surface area contributed by atoms with E-state index in [0.717, 1.165) is 18.8 Å². The van der Waals surface area contributed by atoms with Gasteiger partial charge in [0.15, 0.2) is 0 Å². The fraction of sp³-hybridized carbons (Fsp3) is 0.688. The molecular formula is C16H24O2. The van der Waals surface area contributed by atoms with Crippen LogP contribution in [0.3, 0.4) is 0 Å². The predicted molar refractivity (Wildman–Crippen MR) is 73.2 cm³/mol. The fourth-order valence-electron chi connectivity index (χ4n) is 3.49. The summed E-state index contributed by atoms with van der Waals surface area (Å²) in [6, 6.07) is 0. The Kier molecular flexibility index (Phi) is 3.94. The van der Waals surface area contributed by atoms with Crippen molar-refractivity contribution in [1.29, 1.82) is 0 Å². The third kappa shape index (κ3) is 2.38. The quantitative estimate of drug-likeness (QED) is 0.557. The van der Waals surface area contributed by atoms with Crippen LogP contribution in [0.1, 0.15) is 52.9 Å². The number of ether oxygens (including phenoxy) is 1. The lowest BCUT2D eigenvalue weighted by Gasteiger charge is -2.45. The van der Waals surface area contributed by atoms with Gasteiger partial charge in [-0.25, -0.2) is 0 Å². The van der Waals surface area contributed by atoms with E-state index in [1.54, 1.807) is 5.57 Å². The molecule has 18 heavy (non-hydrogen) atoms. The first-order chi connectivity index (χ1) is 8.58. The first-order valence-corrected chi connectivity index (χ1v) is 7.00. The van der Waals surface area contributed by atoms with Crippen LogP contribution in [0.5, 0.6) is 0 Å². The first-order valence-electron chi connectivity index (χ1n) is 7.00. The molecule has 0 amide bonds. The van der Waals surface area contributed by atoms with E-state index < -0.39 is 0 Å². The highest BCUT2D eigenvalue weighted by atomic mass is 16.5. The topological polar surface area (TPSA) is 26.3 Å². The average Bonchev–Trinajstić information content (AvgIpc) is 2.37. The predicted octanol–water partition coefficient (Wildman–Crippen LogP) is 4.02. The highest BCUT2D eigenvalue weighted by molar-refractivity contribution is 5.38. The van der Waals surface area contributed by atoms with E-state index in [0.29, 0.717) is 18.5 Å². The summed E-state index contributed by atoms with van der Waals surface area (Å²) in [4.78, 5) is 10.3. The van der Waals surface area contributed by atoms with Crippen molar-refractivity contribution in [2.24, 2.45) is 11.3 Å². The monoisotopic (exact) mass is 248 g/mol. The third-order valence-corrected chi connectivity index (χ3v) is 5.06. The molecule has 0 aromatic rings. The van der Waals surface area contributed by atoms with Crippen molar-refractivity contribution in [2.45, 2.75) is 52.9 Å². The van der Waals surface area contributed by atoms with Gasteiger partial charge < -0.3 is 4.74 Å². The van der Waals surface area contributed by atoms with Gasteiger partial charge >= 0.3 is 0 Å². The van der Waals surface area contributed by atoms with Crippen LogP contribution in [0.25, 0.3) is 0 Å². The van der Waals surface area contributed by atoms with Gasteiger partial charge in [-0.3, -0.25) is 4.79 Å². The molecule has 0 radical (unpaired) electrons. The fourth-order valence-corrected chi connectivity index (χ4v) is 3.49. The smallest absolute Gasteiger partial charge is 0.293 e. The first kappa shape index (κ1) is 13.4. The molecule has 2 heteroatoms. The minimum atomic E-state index is 0.342. The van der Waals surface area contributed by atoms with Gasteiger partial charge in [0.1, 0.15) is 6.61 Å². The zero-order valence-electron chi connectivity index (χ0n) is 11.8. The van der Waals surface area contributed by atoms with Crippen molar-refractivity contribution < 1.29 is 9.53 Å². The largest absolute Gasteiger partial charge is 0.463 e. The normalized spacial score (nSPS) is 34.4. The molecule has 0 heterocycles. The van der Waals surface area contributed by atoms with Crippen molar-refractivity contribution in [2.75, 3.05) is 6.61 Å². The summed E-state index contributed by atoms with van der Waals surface area (Å²) >= 11 is 0. The van der Waals surface area contributed by atoms with E-state index in [4.69, 9.17) is 4.74 Å². The van der Waals surface area contributed by atoms with Crippen LogP contribution in [0.2, 0.25) is 0 Å². The molecule has 2 aliphatic carbocycles. The van der Waals surface area contributed by atoms with Crippen LogP contribution in [0.4, 0.5) is 0 Å². The van der Waals surface area contributed by atoms with E-state index in [9.17, 15) is 4.79 Å². The zero-order chi connectivity index (χ0) is 13.2. The van der Waals surface area contributed by atoms with E-state index in [-0.39, 0.29) is 0 Å². The van der Waals surface area contributed by atoms with Gasteiger partial charge in [-0.05, 0) is 55.9 Å². The average molecular weight is 248 g/mol. The van der Waals surface area contributed by atoms with Crippen molar-refractivity contribution >= 4 is 6.47 Å². The number of allylic oxidation sites excluding steroid dienone is 3. The molecule has 0 bridgehead atoms. The number of carbonyl (C=O) groups is 1. The van der Waals surface area contributed by atoms with Crippen LogP contribution < -0.4 is 0 Å². The molecule has 0 spiro atoms. The number of carbonyl (C=O) groups excluding carboxylic acids is 1. The maximum atomic E-state index is 10.3. The standard InChI is InChI=1S/C16H24O2/c1-12(10-18-11-17)14-7-8-15-6-4-5-13(2)16(15,3)9-14/h6,11,13H,4-5,7-10H2,1-3H3/b14-12+/t13-,16+/m0/s1. The van der Waals surface area contributed by atoms with Crippen LogP contribution in [0.15, 0.2) is 22.8 Å². The summed E-state index contributed by atoms with van der Waals surface area (Å²) in [6.45, 7) is 7.90. The maximum Gasteiger partial charge on any atom is 0.293 e.